The first-order chi connectivity index (χ1) is 9.31. The number of hydrogen-bond acceptors (Lipinski definition) is 4. The van der Waals surface area contributed by atoms with Gasteiger partial charge in [0.2, 0.25) is 0 Å². The Morgan fingerprint density at radius 3 is 3.16 bits per heavy atom. The second-order valence-electron chi connectivity index (χ2n) is 5.23. The van der Waals surface area contributed by atoms with E-state index in [1.807, 2.05) is 13.1 Å². The van der Waals surface area contributed by atoms with Gasteiger partial charge in [0, 0.05) is 30.9 Å². The minimum absolute atomic E-state index is 0.564. The second-order valence-corrected chi connectivity index (χ2v) is 6.01. The molecule has 0 radical (unpaired) electrons. The van der Waals surface area contributed by atoms with Crippen LogP contribution in [-0.2, 0) is 6.54 Å². The summed E-state index contributed by atoms with van der Waals surface area (Å²) in [4.78, 5) is 11.3. The van der Waals surface area contributed by atoms with Gasteiger partial charge in [-0.1, -0.05) is 0 Å². The first kappa shape index (κ1) is 12.8. The molecule has 0 amide bonds. The maximum atomic E-state index is 4.59. The van der Waals surface area contributed by atoms with E-state index >= 15 is 0 Å². The summed E-state index contributed by atoms with van der Waals surface area (Å²) >= 11 is 1.78. The average molecular weight is 273 g/mol. The van der Waals surface area contributed by atoms with Crippen LogP contribution in [-0.4, -0.2) is 28.0 Å². The third-order valence-electron chi connectivity index (χ3n) is 3.71. The predicted molar refractivity (Wildman–Crippen MR) is 78.3 cm³/mol. The fraction of sp³-hybridized carbons (Fsp3) is 0.467. The third-order valence-corrected chi connectivity index (χ3v) is 4.44. The Kier molecular flexibility index (Phi) is 3.89. The Bertz CT molecular complexity index is 524. The highest BCUT2D eigenvalue weighted by Gasteiger charge is 2.22. The van der Waals surface area contributed by atoms with Crippen LogP contribution in [0.1, 0.15) is 35.8 Å². The van der Waals surface area contributed by atoms with Crippen molar-refractivity contribution >= 4 is 11.3 Å². The van der Waals surface area contributed by atoms with E-state index in [1.165, 1.54) is 30.6 Å². The van der Waals surface area contributed by atoms with Crippen molar-refractivity contribution in [2.24, 2.45) is 0 Å². The van der Waals surface area contributed by atoms with Crippen LogP contribution in [0.25, 0.3) is 0 Å². The van der Waals surface area contributed by atoms with Gasteiger partial charge >= 0.3 is 0 Å². The quantitative estimate of drug-likeness (QED) is 0.859. The molecule has 3 rings (SSSR count). The van der Waals surface area contributed by atoms with Gasteiger partial charge in [0.15, 0.2) is 0 Å². The number of thiophene rings is 1. The van der Waals surface area contributed by atoms with Gasteiger partial charge in [-0.25, -0.2) is 9.97 Å². The standard InChI is InChI=1S/C15H19N3S/c1-12-16-6-4-15(17-12)14-3-2-7-18(10-14)9-13-5-8-19-11-13/h4-6,8,11,14H,2-3,7,9-10H2,1H3. The number of rotatable bonds is 3. The van der Waals surface area contributed by atoms with E-state index in [2.05, 4.69) is 37.8 Å². The summed E-state index contributed by atoms with van der Waals surface area (Å²) in [5.41, 5.74) is 2.65. The van der Waals surface area contributed by atoms with Crippen LogP contribution in [0, 0.1) is 6.92 Å². The molecule has 0 spiro atoms. The minimum atomic E-state index is 0.564. The van der Waals surface area contributed by atoms with Crippen LogP contribution in [0.2, 0.25) is 0 Å². The maximum absolute atomic E-state index is 4.59. The molecule has 3 nitrogen and oxygen atoms in total. The number of aryl methyl sites for hydroxylation is 1. The topological polar surface area (TPSA) is 29.0 Å². The zero-order valence-electron chi connectivity index (χ0n) is 11.2. The number of nitrogens with zero attached hydrogens (tertiary/aromatic N) is 3. The van der Waals surface area contributed by atoms with E-state index < -0.39 is 0 Å². The highest BCUT2D eigenvalue weighted by molar-refractivity contribution is 7.07. The average Bonchev–Trinajstić information content (AvgIpc) is 2.92. The molecule has 2 aromatic heterocycles. The summed E-state index contributed by atoms with van der Waals surface area (Å²) in [5, 5.41) is 4.41. The molecule has 0 N–H and O–H groups in total. The lowest BCUT2D eigenvalue weighted by Crippen LogP contribution is -2.34. The van der Waals surface area contributed by atoms with Gasteiger partial charge in [-0.05, 0) is 54.8 Å². The van der Waals surface area contributed by atoms with Crippen LogP contribution < -0.4 is 0 Å². The fourth-order valence-corrected chi connectivity index (χ4v) is 3.44. The van der Waals surface area contributed by atoms with Crippen LogP contribution in [0.15, 0.2) is 29.1 Å². The smallest absolute Gasteiger partial charge is 0.125 e. The Hall–Kier alpha value is -1.26. The molecule has 0 aliphatic carbocycles. The van der Waals surface area contributed by atoms with Crippen molar-refractivity contribution in [3.8, 4) is 0 Å². The number of hydrogen-bond donors (Lipinski definition) is 0. The molecule has 19 heavy (non-hydrogen) atoms. The SMILES string of the molecule is Cc1nccc(C2CCCN(Cc3ccsc3)C2)n1. The van der Waals surface area contributed by atoms with Crippen molar-refractivity contribution < 1.29 is 0 Å². The molecule has 1 aliphatic rings. The number of likely N-dealkylation sites (tertiary alicyclic amines) is 1. The van der Waals surface area contributed by atoms with Crippen molar-refractivity contribution in [1.29, 1.82) is 0 Å². The summed E-state index contributed by atoms with van der Waals surface area (Å²) in [7, 11) is 0. The van der Waals surface area contributed by atoms with Crippen molar-refractivity contribution in [3.05, 3.63) is 46.2 Å². The predicted octanol–water partition coefficient (Wildman–Crippen LogP) is 3.23. The van der Waals surface area contributed by atoms with Crippen LogP contribution >= 0.6 is 11.3 Å². The largest absolute Gasteiger partial charge is 0.298 e. The molecular weight excluding hydrogens is 254 g/mol. The number of aromatic nitrogens is 2. The molecule has 1 unspecified atom stereocenters. The minimum Gasteiger partial charge on any atom is -0.298 e. The van der Waals surface area contributed by atoms with Gasteiger partial charge in [0.1, 0.15) is 5.82 Å². The van der Waals surface area contributed by atoms with E-state index in [0.29, 0.717) is 5.92 Å². The molecule has 0 aromatic carbocycles. The van der Waals surface area contributed by atoms with E-state index in [1.54, 1.807) is 11.3 Å². The van der Waals surface area contributed by atoms with E-state index in [0.717, 1.165) is 18.9 Å². The van der Waals surface area contributed by atoms with Gasteiger partial charge in [0.05, 0.1) is 0 Å². The van der Waals surface area contributed by atoms with Crippen molar-refractivity contribution in [1.82, 2.24) is 14.9 Å². The van der Waals surface area contributed by atoms with Crippen molar-refractivity contribution in [3.63, 3.8) is 0 Å². The zero-order valence-corrected chi connectivity index (χ0v) is 12.1. The first-order valence-corrected chi connectivity index (χ1v) is 7.78. The summed E-state index contributed by atoms with van der Waals surface area (Å²) in [6.07, 6.45) is 4.39. The zero-order chi connectivity index (χ0) is 13.1. The molecule has 1 aliphatic heterocycles. The lowest BCUT2D eigenvalue weighted by Gasteiger charge is -2.32. The number of piperidine rings is 1. The summed E-state index contributed by atoms with van der Waals surface area (Å²) in [5.74, 6) is 1.45. The van der Waals surface area contributed by atoms with Crippen LogP contribution in [0.3, 0.4) is 0 Å². The second kappa shape index (κ2) is 5.80. The first-order valence-electron chi connectivity index (χ1n) is 6.84. The highest BCUT2D eigenvalue weighted by atomic mass is 32.1. The van der Waals surface area contributed by atoms with Crippen LogP contribution in [0.5, 0.6) is 0 Å². The Labute approximate surface area is 118 Å². The fourth-order valence-electron chi connectivity index (χ4n) is 2.78. The Morgan fingerprint density at radius 1 is 1.42 bits per heavy atom. The Balaban J connectivity index is 1.67. The molecule has 4 heteroatoms. The van der Waals surface area contributed by atoms with Gasteiger partial charge in [0.25, 0.3) is 0 Å². The molecular formula is C15H19N3S. The van der Waals surface area contributed by atoms with E-state index in [4.69, 9.17) is 0 Å². The van der Waals surface area contributed by atoms with Crippen molar-refractivity contribution in [2.75, 3.05) is 13.1 Å². The molecule has 100 valence electrons. The summed E-state index contributed by atoms with van der Waals surface area (Å²) in [6, 6.07) is 4.30. The van der Waals surface area contributed by atoms with E-state index in [-0.39, 0.29) is 0 Å². The van der Waals surface area contributed by atoms with Gasteiger partial charge in [-0.15, -0.1) is 0 Å². The molecule has 1 atom stereocenters. The highest BCUT2D eigenvalue weighted by Crippen LogP contribution is 2.26. The van der Waals surface area contributed by atoms with E-state index in [9.17, 15) is 0 Å². The maximum Gasteiger partial charge on any atom is 0.125 e. The van der Waals surface area contributed by atoms with Crippen LogP contribution in [0.4, 0.5) is 0 Å². The summed E-state index contributed by atoms with van der Waals surface area (Å²) in [6.45, 7) is 5.36. The third kappa shape index (κ3) is 3.19. The molecule has 0 saturated carbocycles. The molecule has 1 saturated heterocycles. The molecule has 3 heterocycles. The van der Waals surface area contributed by atoms with Crippen molar-refractivity contribution in [2.45, 2.75) is 32.2 Å². The van der Waals surface area contributed by atoms with Gasteiger partial charge in [-0.3, -0.25) is 4.90 Å². The lowest BCUT2D eigenvalue weighted by molar-refractivity contribution is 0.198. The van der Waals surface area contributed by atoms with Gasteiger partial charge < -0.3 is 0 Å². The molecule has 1 fully saturated rings. The Morgan fingerprint density at radius 2 is 2.37 bits per heavy atom. The lowest BCUT2D eigenvalue weighted by atomic mass is 9.94. The summed E-state index contributed by atoms with van der Waals surface area (Å²) < 4.78 is 0. The monoisotopic (exact) mass is 273 g/mol. The molecule has 2 aromatic rings. The normalized spacial score (nSPS) is 20.6. The molecule has 0 bridgehead atoms. The van der Waals surface area contributed by atoms with Gasteiger partial charge in [-0.2, -0.15) is 11.3 Å².